The zero-order valence-corrected chi connectivity index (χ0v) is 18.9. The van der Waals surface area contributed by atoms with Crippen LogP contribution in [-0.2, 0) is 14.6 Å². The van der Waals surface area contributed by atoms with Gasteiger partial charge in [-0.2, -0.15) is 0 Å². The Labute approximate surface area is 184 Å². The molecule has 2 aromatic heterocycles. The molecule has 0 saturated carbocycles. The second-order valence-corrected chi connectivity index (χ2v) is 11.1. The molecule has 1 aliphatic rings. The number of hydrogen-bond donors (Lipinski definition) is 0. The summed E-state index contributed by atoms with van der Waals surface area (Å²) in [5.74, 6) is 1.05. The average Bonchev–Trinajstić information content (AvgIpc) is 3.47. The van der Waals surface area contributed by atoms with Crippen LogP contribution in [0.4, 0.5) is 0 Å². The summed E-state index contributed by atoms with van der Waals surface area (Å²) in [6, 6.07) is 13.5. The standard InChI is InChI=1S/C20H22N4O3S3/c1-2-23(16-10-12-30(26,27)14-16)18(25)13-29-20-22-21-19(17-9-6-11-28-17)24(20)15-7-4-3-5-8-15/h3-9,11,16H,2,10,12-14H2,1H3/t16-/m1/s1. The minimum absolute atomic E-state index is 0.0555. The Kier molecular flexibility index (Phi) is 6.26. The van der Waals surface area contributed by atoms with Crippen molar-refractivity contribution in [1.82, 2.24) is 19.7 Å². The number of rotatable bonds is 7. The van der Waals surface area contributed by atoms with Gasteiger partial charge in [0.05, 0.1) is 22.1 Å². The van der Waals surface area contributed by atoms with Crippen LogP contribution in [0.1, 0.15) is 13.3 Å². The highest BCUT2D eigenvalue weighted by Gasteiger charge is 2.34. The van der Waals surface area contributed by atoms with E-state index in [-0.39, 0.29) is 29.2 Å². The summed E-state index contributed by atoms with van der Waals surface area (Å²) in [6.45, 7) is 2.38. The Balaban J connectivity index is 1.55. The highest BCUT2D eigenvalue weighted by atomic mass is 32.2. The van der Waals surface area contributed by atoms with Crippen LogP contribution in [0.3, 0.4) is 0 Å². The van der Waals surface area contributed by atoms with E-state index in [2.05, 4.69) is 10.2 Å². The second-order valence-electron chi connectivity index (χ2n) is 6.98. The fourth-order valence-corrected chi connectivity index (χ4v) is 6.87. The number of hydrogen-bond acceptors (Lipinski definition) is 7. The van der Waals surface area contributed by atoms with Gasteiger partial charge in [0.1, 0.15) is 0 Å². The molecule has 7 nitrogen and oxygen atoms in total. The van der Waals surface area contributed by atoms with E-state index in [1.807, 2.05) is 59.3 Å². The lowest BCUT2D eigenvalue weighted by Gasteiger charge is -2.26. The Bertz CT molecular complexity index is 1110. The summed E-state index contributed by atoms with van der Waals surface area (Å²) < 4.78 is 25.6. The van der Waals surface area contributed by atoms with Crippen molar-refractivity contribution in [3.8, 4) is 16.4 Å². The van der Waals surface area contributed by atoms with Crippen molar-refractivity contribution in [2.45, 2.75) is 24.5 Å². The van der Waals surface area contributed by atoms with Crippen molar-refractivity contribution in [3.63, 3.8) is 0 Å². The lowest BCUT2D eigenvalue weighted by molar-refractivity contribution is -0.129. The van der Waals surface area contributed by atoms with Crippen LogP contribution < -0.4 is 0 Å². The van der Waals surface area contributed by atoms with Gasteiger partial charge in [0.2, 0.25) is 5.91 Å². The summed E-state index contributed by atoms with van der Waals surface area (Å²) in [5, 5.41) is 11.3. The van der Waals surface area contributed by atoms with E-state index in [1.165, 1.54) is 11.8 Å². The molecule has 1 aliphatic heterocycles. The number of carbonyl (C=O) groups excluding carboxylic acids is 1. The van der Waals surface area contributed by atoms with Crippen molar-refractivity contribution in [1.29, 1.82) is 0 Å². The topological polar surface area (TPSA) is 85.2 Å². The number of amides is 1. The first-order valence-corrected chi connectivity index (χ1v) is 13.3. The van der Waals surface area contributed by atoms with Crippen LogP contribution >= 0.6 is 23.1 Å². The molecule has 0 N–H and O–H groups in total. The summed E-state index contributed by atoms with van der Waals surface area (Å²) >= 11 is 2.91. The smallest absolute Gasteiger partial charge is 0.233 e. The number of para-hydroxylation sites is 1. The molecule has 3 aromatic rings. The maximum absolute atomic E-state index is 12.9. The molecule has 1 amide bonds. The molecule has 30 heavy (non-hydrogen) atoms. The molecule has 1 fully saturated rings. The van der Waals surface area contributed by atoms with E-state index in [9.17, 15) is 13.2 Å². The third-order valence-electron chi connectivity index (χ3n) is 5.02. The highest BCUT2D eigenvalue weighted by molar-refractivity contribution is 7.99. The number of carbonyl (C=O) groups is 1. The lowest BCUT2D eigenvalue weighted by atomic mass is 10.2. The fourth-order valence-electron chi connectivity index (χ4n) is 3.61. The number of sulfone groups is 1. The molecule has 0 radical (unpaired) electrons. The third-order valence-corrected chi connectivity index (χ3v) is 8.55. The largest absolute Gasteiger partial charge is 0.338 e. The Hall–Kier alpha value is -2.17. The first-order chi connectivity index (χ1) is 14.5. The molecule has 4 rings (SSSR count). The number of thioether (sulfide) groups is 1. The predicted molar refractivity (Wildman–Crippen MR) is 120 cm³/mol. The van der Waals surface area contributed by atoms with Gasteiger partial charge in [-0.25, -0.2) is 8.42 Å². The van der Waals surface area contributed by atoms with Crippen LogP contribution in [0.5, 0.6) is 0 Å². The van der Waals surface area contributed by atoms with Crippen LogP contribution in [-0.4, -0.2) is 63.8 Å². The minimum Gasteiger partial charge on any atom is -0.338 e. The average molecular weight is 463 g/mol. The SMILES string of the molecule is CCN(C(=O)CSc1nnc(-c2cccs2)n1-c1ccccc1)[C@@H]1CCS(=O)(=O)C1. The summed E-state index contributed by atoms with van der Waals surface area (Å²) in [6.07, 6.45) is 0.509. The Morgan fingerprint density at radius 3 is 2.67 bits per heavy atom. The van der Waals surface area contributed by atoms with Gasteiger partial charge in [-0.1, -0.05) is 36.0 Å². The normalized spacial score (nSPS) is 17.8. The molecule has 0 bridgehead atoms. The van der Waals surface area contributed by atoms with Crippen LogP contribution in [0.25, 0.3) is 16.4 Å². The molecule has 158 valence electrons. The van der Waals surface area contributed by atoms with Crippen LogP contribution in [0, 0.1) is 0 Å². The molecule has 1 saturated heterocycles. The zero-order valence-electron chi connectivity index (χ0n) is 16.5. The van der Waals surface area contributed by atoms with Crippen molar-refractivity contribution in [3.05, 3.63) is 47.8 Å². The van der Waals surface area contributed by atoms with Gasteiger partial charge in [0.25, 0.3) is 0 Å². The first kappa shape index (κ1) is 21.1. The molecule has 10 heteroatoms. The van der Waals surface area contributed by atoms with Gasteiger partial charge in [0.15, 0.2) is 20.8 Å². The molecule has 0 unspecified atom stereocenters. The first-order valence-electron chi connectivity index (χ1n) is 9.66. The maximum atomic E-state index is 12.9. The van der Waals surface area contributed by atoms with Crippen molar-refractivity contribution in [2.24, 2.45) is 0 Å². The van der Waals surface area contributed by atoms with E-state index in [0.29, 0.717) is 18.1 Å². The van der Waals surface area contributed by atoms with Crippen LogP contribution in [0.2, 0.25) is 0 Å². The monoisotopic (exact) mass is 462 g/mol. The zero-order chi connectivity index (χ0) is 21.1. The van der Waals surface area contributed by atoms with Gasteiger partial charge in [-0.15, -0.1) is 21.5 Å². The summed E-state index contributed by atoms with van der Waals surface area (Å²) in [7, 11) is -3.04. The summed E-state index contributed by atoms with van der Waals surface area (Å²) in [5.41, 5.74) is 0.926. The molecule has 3 heterocycles. The molecule has 1 aromatic carbocycles. The van der Waals surface area contributed by atoms with Crippen molar-refractivity contribution < 1.29 is 13.2 Å². The van der Waals surface area contributed by atoms with E-state index in [1.54, 1.807) is 16.2 Å². The fraction of sp³-hybridized carbons (Fsp3) is 0.350. The number of thiophene rings is 1. The van der Waals surface area contributed by atoms with Crippen molar-refractivity contribution >= 4 is 38.8 Å². The lowest BCUT2D eigenvalue weighted by Crippen LogP contribution is -2.42. The number of aromatic nitrogens is 3. The van der Waals surface area contributed by atoms with E-state index >= 15 is 0 Å². The summed E-state index contributed by atoms with van der Waals surface area (Å²) in [4.78, 5) is 15.6. The van der Waals surface area contributed by atoms with Gasteiger partial charge < -0.3 is 4.90 Å². The van der Waals surface area contributed by atoms with Crippen LogP contribution in [0.15, 0.2) is 53.0 Å². The number of nitrogens with zero attached hydrogens (tertiary/aromatic N) is 4. The van der Waals surface area contributed by atoms with Gasteiger partial charge in [-0.3, -0.25) is 9.36 Å². The highest BCUT2D eigenvalue weighted by Crippen LogP contribution is 2.30. The second kappa shape index (κ2) is 8.91. The Morgan fingerprint density at radius 1 is 1.23 bits per heavy atom. The maximum Gasteiger partial charge on any atom is 0.233 e. The Morgan fingerprint density at radius 2 is 2.03 bits per heavy atom. The molecular weight excluding hydrogens is 440 g/mol. The van der Waals surface area contributed by atoms with Gasteiger partial charge >= 0.3 is 0 Å². The molecule has 1 atom stereocenters. The molecule has 0 aliphatic carbocycles. The molecule has 0 spiro atoms. The van der Waals surface area contributed by atoms with E-state index in [0.717, 1.165) is 16.4 Å². The van der Waals surface area contributed by atoms with E-state index in [4.69, 9.17) is 0 Å². The minimum atomic E-state index is -3.04. The molecular formula is C20H22N4O3S3. The number of benzene rings is 1. The van der Waals surface area contributed by atoms with Crippen molar-refractivity contribution in [2.75, 3.05) is 23.8 Å². The van der Waals surface area contributed by atoms with E-state index < -0.39 is 9.84 Å². The van der Waals surface area contributed by atoms with Gasteiger partial charge in [0, 0.05) is 18.3 Å². The third kappa shape index (κ3) is 4.45. The quantitative estimate of drug-likeness (QED) is 0.502. The van der Waals surface area contributed by atoms with Gasteiger partial charge in [-0.05, 0) is 36.9 Å². The predicted octanol–water partition coefficient (Wildman–Crippen LogP) is 3.12.